The molecule has 0 N–H and O–H groups in total. The molecule has 1 aromatic carbocycles. The third-order valence-corrected chi connectivity index (χ3v) is 4.30. The molecule has 0 aliphatic carbocycles. The van der Waals surface area contributed by atoms with E-state index in [2.05, 4.69) is 4.98 Å². The molecule has 0 bridgehead atoms. The SMILES string of the molecule is CC(C)(C)OC(=O)N1CC=C(c2cccc(OCc3ccc(F)cc3F)n2)CC1. The second-order valence-electron chi connectivity index (χ2n) is 7.79. The normalized spacial score (nSPS) is 14.4. The summed E-state index contributed by atoms with van der Waals surface area (Å²) >= 11 is 0. The molecule has 0 fully saturated rings. The zero-order valence-electron chi connectivity index (χ0n) is 16.7. The molecular formula is C22H24F2N2O3. The monoisotopic (exact) mass is 402 g/mol. The molecule has 1 aliphatic heterocycles. The Kier molecular flexibility index (Phi) is 6.15. The van der Waals surface area contributed by atoms with Crippen LogP contribution in [0.15, 0.2) is 42.5 Å². The highest BCUT2D eigenvalue weighted by atomic mass is 19.1. The highest BCUT2D eigenvalue weighted by molar-refractivity contribution is 5.72. The van der Waals surface area contributed by atoms with E-state index in [0.717, 1.165) is 17.3 Å². The number of nitrogens with zero attached hydrogens (tertiary/aromatic N) is 2. The summed E-state index contributed by atoms with van der Waals surface area (Å²) < 4.78 is 37.7. The molecule has 1 aromatic heterocycles. The summed E-state index contributed by atoms with van der Waals surface area (Å²) in [5, 5.41) is 0. The predicted molar refractivity (Wildman–Crippen MR) is 105 cm³/mol. The van der Waals surface area contributed by atoms with Gasteiger partial charge in [0.2, 0.25) is 5.88 Å². The van der Waals surface area contributed by atoms with Gasteiger partial charge < -0.3 is 14.4 Å². The summed E-state index contributed by atoms with van der Waals surface area (Å²) in [6.45, 7) is 6.44. The Labute approximate surface area is 169 Å². The summed E-state index contributed by atoms with van der Waals surface area (Å²) in [4.78, 5) is 18.3. The number of rotatable bonds is 4. The zero-order valence-corrected chi connectivity index (χ0v) is 16.7. The fraction of sp³-hybridized carbons (Fsp3) is 0.364. The van der Waals surface area contributed by atoms with Gasteiger partial charge in [0.05, 0.1) is 5.69 Å². The third-order valence-electron chi connectivity index (χ3n) is 4.30. The van der Waals surface area contributed by atoms with Gasteiger partial charge in [0, 0.05) is 30.8 Å². The fourth-order valence-corrected chi connectivity index (χ4v) is 2.86. The number of halogens is 2. The standard InChI is InChI=1S/C22H24F2N2O3/c1-22(2,3)29-21(27)26-11-9-15(10-12-26)19-5-4-6-20(25-19)28-14-16-7-8-17(23)13-18(16)24/h4-9,13H,10-12,14H2,1-3H3. The summed E-state index contributed by atoms with van der Waals surface area (Å²) in [6, 6.07) is 8.71. The molecule has 2 aromatic rings. The molecule has 0 spiro atoms. The van der Waals surface area contributed by atoms with Crippen molar-refractivity contribution in [3.8, 4) is 5.88 Å². The maximum atomic E-state index is 13.7. The van der Waals surface area contributed by atoms with Crippen molar-refractivity contribution in [3.63, 3.8) is 0 Å². The Morgan fingerprint density at radius 1 is 1.21 bits per heavy atom. The van der Waals surface area contributed by atoms with Crippen LogP contribution >= 0.6 is 0 Å². The molecule has 3 rings (SSSR count). The number of pyridine rings is 1. The van der Waals surface area contributed by atoms with E-state index in [1.165, 1.54) is 12.1 Å². The Hall–Kier alpha value is -2.96. The molecule has 7 heteroatoms. The number of ether oxygens (including phenoxy) is 2. The summed E-state index contributed by atoms with van der Waals surface area (Å²) in [5.74, 6) is -0.934. The van der Waals surface area contributed by atoms with Crippen molar-refractivity contribution in [2.45, 2.75) is 39.4 Å². The topological polar surface area (TPSA) is 51.7 Å². The van der Waals surface area contributed by atoms with Gasteiger partial charge in [-0.1, -0.05) is 12.1 Å². The molecule has 0 unspecified atom stereocenters. The second-order valence-corrected chi connectivity index (χ2v) is 7.79. The molecule has 154 valence electrons. The maximum absolute atomic E-state index is 13.7. The van der Waals surface area contributed by atoms with Crippen molar-refractivity contribution in [1.82, 2.24) is 9.88 Å². The molecule has 0 atom stereocenters. The van der Waals surface area contributed by atoms with E-state index in [1.807, 2.05) is 32.9 Å². The number of aromatic nitrogens is 1. The van der Waals surface area contributed by atoms with E-state index < -0.39 is 17.2 Å². The van der Waals surface area contributed by atoms with E-state index in [1.54, 1.807) is 17.0 Å². The quantitative estimate of drug-likeness (QED) is 0.725. The lowest BCUT2D eigenvalue weighted by Gasteiger charge is -2.29. The summed E-state index contributed by atoms with van der Waals surface area (Å²) in [5.41, 5.74) is 1.47. The van der Waals surface area contributed by atoms with Gasteiger partial charge in [-0.25, -0.2) is 18.6 Å². The summed E-state index contributed by atoms with van der Waals surface area (Å²) in [7, 11) is 0. The van der Waals surface area contributed by atoms with Crippen molar-refractivity contribution >= 4 is 11.7 Å². The van der Waals surface area contributed by atoms with E-state index in [4.69, 9.17) is 9.47 Å². The molecule has 1 amide bonds. The lowest BCUT2D eigenvalue weighted by Crippen LogP contribution is -2.39. The van der Waals surface area contributed by atoms with Gasteiger partial charge in [-0.3, -0.25) is 0 Å². The fourth-order valence-electron chi connectivity index (χ4n) is 2.86. The average molecular weight is 402 g/mol. The van der Waals surface area contributed by atoms with Crippen LogP contribution in [0.1, 0.15) is 38.4 Å². The highest BCUT2D eigenvalue weighted by Crippen LogP contribution is 2.24. The van der Waals surface area contributed by atoms with Crippen molar-refractivity contribution in [1.29, 1.82) is 0 Å². The van der Waals surface area contributed by atoms with Crippen LogP contribution in [0.4, 0.5) is 13.6 Å². The van der Waals surface area contributed by atoms with Crippen LogP contribution in [0.25, 0.3) is 5.57 Å². The van der Waals surface area contributed by atoms with Crippen molar-refractivity contribution in [2.24, 2.45) is 0 Å². The van der Waals surface area contributed by atoms with E-state index >= 15 is 0 Å². The van der Waals surface area contributed by atoms with Gasteiger partial charge in [0.1, 0.15) is 23.8 Å². The first-order valence-corrected chi connectivity index (χ1v) is 9.42. The highest BCUT2D eigenvalue weighted by Gasteiger charge is 2.24. The first-order chi connectivity index (χ1) is 13.7. The smallest absolute Gasteiger partial charge is 0.410 e. The van der Waals surface area contributed by atoms with Crippen LogP contribution in [0.3, 0.4) is 0 Å². The molecule has 5 nitrogen and oxygen atoms in total. The van der Waals surface area contributed by atoms with Gasteiger partial charge >= 0.3 is 6.09 Å². The van der Waals surface area contributed by atoms with E-state index in [-0.39, 0.29) is 18.3 Å². The Morgan fingerprint density at radius 2 is 2.00 bits per heavy atom. The number of amides is 1. The van der Waals surface area contributed by atoms with Gasteiger partial charge in [0.15, 0.2) is 0 Å². The Morgan fingerprint density at radius 3 is 2.66 bits per heavy atom. The molecule has 0 radical (unpaired) electrons. The third kappa shape index (κ3) is 5.76. The number of carbonyl (C=O) groups excluding carboxylic acids is 1. The first kappa shape index (κ1) is 20.8. The summed E-state index contributed by atoms with van der Waals surface area (Å²) in [6.07, 6.45) is 2.25. The van der Waals surface area contributed by atoms with Gasteiger partial charge in [-0.05, 0) is 51.0 Å². The minimum atomic E-state index is -0.654. The maximum Gasteiger partial charge on any atom is 0.410 e. The number of hydrogen-bond acceptors (Lipinski definition) is 4. The molecule has 29 heavy (non-hydrogen) atoms. The zero-order chi connectivity index (χ0) is 21.0. The van der Waals surface area contributed by atoms with Crippen LogP contribution < -0.4 is 4.74 Å². The predicted octanol–water partition coefficient (Wildman–Crippen LogP) is 4.96. The number of hydrogen-bond donors (Lipinski definition) is 0. The van der Waals surface area contributed by atoms with Crippen molar-refractivity contribution in [2.75, 3.05) is 13.1 Å². The minimum absolute atomic E-state index is 0.0476. The first-order valence-electron chi connectivity index (χ1n) is 9.42. The Bertz CT molecular complexity index is 923. The van der Waals surface area contributed by atoms with Crippen LogP contribution in [0.2, 0.25) is 0 Å². The lowest BCUT2D eigenvalue weighted by atomic mass is 10.0. The molecular weight excluding hydrogens is 378 g/mol. The Balaban J connectivity index is 1.63. The second kappa shape index (κ2) is 8.59. The lowest BCUT2D eigenvalue weighted by molar-refractivity contribution is 0.0270. The molecule has 2 heterocycles. The van der Waals surface area contributed by atoms with Crippen LogP contribution in [-0.4, -0.2) is 34.7 Å². The van der Waals surface area contributed by atoms with Gasteiger partial charge in [0.25, 0.3) is 0 Å². The van der Waals surface area contributed by atoms with Crippen molar-refractivity contribution in [3.05, 3.63) is 65.4 Å². The number of benzene rings is 1. The minimum Gasteiger partial charge on any atom is -0.473 e. The van der Waals surface area contributed by atoms with E-state index in [0.29, 0.717) is 25.4 Å². The van der Waals surface area contributed by atoms with Crippen LogP contribution in [-0.2, 0) is 11.3 Å². The number of carbonyl (C=O) groups is 1. The largest absolute Gasteiger partial charge is 0.473 e. The van der Waals surface area contributed by atoms with Gasteiger partial charge in [-0.2, -0.15) is 0 Å². The van der Waals surface area contributed by atoms with E-state index in [9.17, 15) is 13.6 Å². The molecule has 0 saturated carbocycles. The van der Waals surface area contributed by atoms with Crippen LogP contribution in [0, 0.1) is 11.6 Å². The average Bonchev–Trinajstić information content (AvgIpc) is 2.66. The van der Waals surface area contributed by atoms with Crippen molar-refractivity contribution < 1.29 is 23.0 Å². The van der Waals surface area contributed by atoms with Crippen LogP contribution in [0.5, 0.6) is 5.88 Å². The molecule has 1 aliphatic rings. The molecule has 0 saturated heterocycles. The van der Waals surface area contributed by atoms with Gasteiger partial charge in [-0.15, -0.1) is 0 Å².